The second-order valence-electron chi connectivity index (χ2n) is 7.96. The molecule has 3 rings (SSSR count). The number of sulfonamides is 1. The Morgan fingerprint density at radius 1 is 1.19 bits per heavy atom. The van der Waals surface area contributed by atoms with Crippen LogP contribution < -0.4 is 10.1 Å². The van der Waals surface area contributed by atoms with E-state index in [1.54, 1.807) is 26.2 Å². The first kappa shape index (κ1) is 24.2. The van der Waals surface area contributed by atoms with Gasteiger partial charge in [-0.1, -0.05) is 18.2 Å². The molecule has 32 heavy (non-hydrogen) atoms. The third-order valence-electron chi connectivity index (χ3n) is 5.62. The third kappa shape index (κ3) is 5.47. The zero-order valence-electron chi connectivity index (χ0n) is 19.0. The van der Waals surface area contributed by atoms with Crippen LogP contribution in [0.15, 0.2) is 47.4 Å². The molecule has 0 saturated carbocycles. The summed E-state index contributed by atoms with van der Waals surface area (Å²) in [7, 11) is 1.82. The van der Waals surface area contributed by atoms with E-state index in [9.17, 15) is 13.2 Å². The molecule has 1 N–H and O–H groups in total. The number of likely N-dealkylation sites (N-methyl/N-ethyl adjacent to an activating group) is 1. The zero-order valence-corrected chi connectivity index (χ0v) is 19.8. The van der Waals surface area contributed by atoms with Crippen LogP contribution in [0.25, 0.3) is 0 Å². The molecule has 0 bridgehead atoms. The van der Waals surface area contributed by atoms with Gasteiger partial charge in [0.2, 0.25) is 10.0 Å². The Bertz CT molecular complexity index is 1050. The molecule has 1 amide bonds. The lowest BCUT2D eigenvalue weighted by Crippen LogP contribution is -2.40. The quantitative estimate of drug-likeness (QED) is 0.648. The predicted molar refractivity (Wildman–Crippen MR) is 123 cm³/mol. The number of carbonyl (C=O) groups is 1. The molecule has 1 saturated heterocycles. The number of hydrogen-bond acceptors (Lipinski definition) is 6. The molecule has 8 nitrogen and oxygen atoms in total. The van der Waals surface area contributed by atoms with E-state index >= 15 is 0 Å². The number of methoxy groups -OCH3 is 1. The van der Waals surface area contributed by atoms with Crippen LogP contribution >= 0.6 is 0 Å². The third-order valence-corrected chi connectivity index (χ3v) is 7.51. The van der Waals surface area contributed by atoms with Gasteiger partial charge in [0, 0.05) is 25.2 Å². The predicted octanol–water partition coefficient (Wildman–Crippen LogP) is 2.06. The number of hydrogen-bond donors (Lipinski definition) is 1. The minimum atomic E-state index is -3.68. The molecule has 1 aliphatic rings. The number of morpholine rings is 1. The molecular weight excluding hydrogens is 430 g/mol. The van der Waals surface area contributed by atoms with Crippen LogP contribution in [0.3, 0.4) is 0 Å². The summed E-state index contributed by atoms with van der Waals surface area (Å²) in [5, 5.41) is 2.97. The van der Waals surface area contributed by atoms with Gasteiger partial charge < -0.3 is 19.7 Å². The molecule has 2 aromatic rings. The van der Waals surface area contributed by atoms with Gasteiger partial charge in [-0.25, -0.2) is 8.42 Å². The van der Waals surface area contributed by atoms with Gasteiger partial charge in [0.05, 0.1) is 31.3 Å². The second kappa shape index (κ2) is 10.4. The topological polar surface area (TPSA) is 88.2 Å². The Morgan fingerprint density at radius 2 is 1.91 bits per heavy atom. The molecule has 0 spiro atoms. The van der Waals surface area contributed by atoms with Crippen molar-refractivity contribution in [3.05, 3.63) is 59.2 Å². The molecule has 1 unspecified atom stereocenters. The van der Waals surface area contributed by atoms with Crippen LogP contribution in [0.2, 0.25) is 0 Å². The van der Waals surface area contributed by atoms with E-state index in [0.29, 0.717) is 44.0 Å². The lowest BCUT2D eigenvalue weighted by atomic mass is 10.0. The fraction of sp³-hybridized carbons (Fsp3) is 0.435. The standard InChI is InChI=1S/C23H31N3O5S/c1-17-8-9-20(32(28,29)26-10-12-31-13-11-26)15-21(17)23(27)24-16-22(25(2)3)18-6-5-7-19(14-18)30-4/h5-9,14-15,22H,10-13,16H2,1-4H3,(H,24,27). The van der Waals surface area contributed by atoms with Crippen LogP contribution in [-0.4, -0.2) is 77.6 Å². The highest BCUT2D eigenvalue weighted by atomic mass is 32.2. The number of nitrogens with one attached hydrogen (secondary N) is 1. The second-order valence-corrected chi connectivity index (χ2v) is 9.90. The van der Waals surface area contributed by atoms with E-state index in [0.717, 1.165) is 11.3 Å². The molecule has 0 aromatic heterocycles. The van der Waals surface area contributed by atoms with Crippen molar-refractivity contribution < 1.29 is 22.7 Å². The highest BCUT2D eigenvalue weighted by molar-refractivity contribution is 7.89. The summed E-state index contributed by atoms with van der Waals surface area (Å²) in [6.45, 7) is 3.51. The molecular formula is C23H31N3O5S. The fourth-order valence-electron chi connectivity index (χ4n) is 3.67. The summed E-state index contributed by atoms with van der Waals surface area (Å²) >= 11 is 0. The molecule has 1 atom stereocenters. The Balaban J connectivity index is 1.78. The van der Waals surface area contributed by atoms with Gasteiger partial charge in [-0.3, -0.25) is 4.79 Å². The van der Waals surface area contributed by atoms with E-state index in [1.807, 2.05) is 43.3 Å². The molecule has 1 heterocycles. The van der Waals surface area contributed by atoms with Crippen LogP contribution in [0.1, 0.15) is 27.5 Å². The summed E-state index contributed by atoms with van der Waals surface area (Å²) in [5.74, 6) is 0.439. The van der Waals surface area contributed by atoms with Crippen LogP contribution in [0.4, 0.5) is 0 Å². The van der Waals surface area contributed by atoms with Crippen LogP contribution in [0, 0.1) is 6.92 Å². The Morgan fingerprint density at radius 3 is 2.56 bits per heavy atom. The number of carbonyl (C=O) groups excluding carboxylic acids is 1. The maximum Gasteiger partial charge on any atom is 0.251 e. The van der Waals surface area contributed by atoms with E-state index in [4.69, 9.17) is 9.47 Å². The molecule has 9 heteroatoms. The van der Waals surface area contributed by atoms with Crippen molar-refractivity contribution in [2.24, 2.45) is 0 Å². The average Bonchev–Trinajstić information content (AvgIpc) is 2.79. The van der Waals surface area contributed by atoms with Crippen molar-refractivity contribution in [2.45, 2.75) is 17.9 Å². The number of amides is 1. The maximum absolute atomic E-state index is 13.0. The van der Waals surface area contributed by atoms with Crippen LogP contribution in [-0.2, 0) is 14.8 Å². The minimum Gasteiger partial charge on any atom is -0.497 e. The number of benzene rings is 2. The van der Waals surface area contributed by atoms with E-state index in [1.165, 1.54) is 10.4 Å². The first-order valence-electron chi connectivity index (χ1n) is 10.5. The van der Waals surface area contributed by atoms with Crippen molar-refractivity contribution in [1.29, 1.82) is 0 Å². The van der Waals surface area contributed by atoms with E-state index < -0.39 is 10.0 Å². The maximum atomic E-state index is 13.0. The first-order valence-corrected chi connectivity index (χ1v) is 11.9. The summed E-state index contributed by atoms with van der Waals surface area (Å²) in [5.41, 5.74) is 2.07. The first-order chi connectivity index (χ1) is 15.2. The Kier molecular flexibility index (Phi) is 7.89. The van der Waals surface area contributed by atoms with E-state index in [-0.39, 0.29) is 16.8 Å². The summed E-state index contributed by atoms with van der Waals surface area (Å²) in [4.78, 5) is 15.2. The highest BCUT2D eigenvalue weighted by Crippen LogP contribution is 2.23. The van der Waals surface area contributed by atoms with Gasteiger partial charge in [0.15, 0.2) is 0 Å². The lowest BCUT2D eigenvalue weighted by Gasteiger charge is -2.26. The number of nitrogens with zero attached hydrogens (tertiary/aromatic N) is 2. The van der Waals surface area contributed by atoms with Gasteiger partial charge >= 0.3 is 0 Å². The normalized spacial score (nSPS) is 16.0. The lowest BCUT2D eigenvalue weighted by molar-refractivity contribution is 0.0730. The van der Waals surface area contributed by atoms with Crippen molar-refractivity contribution >= 4 is 15.9 Å². The molecule has 0 radical (unpaired) electrons. The molecule has 1 aliphatic heterocycles. The molecule has 0 aliphatic carbocycles. The van der Waals surface area contributed by atoms with Gasteiger partial charge in [-0.05, 0) is 56.4 Å². The average molecular weight is 462 g/mol. The summed E-state index contributed by atoms with van der Waals surface area (Å²) < 4.78 is 38.0. The zero-order chi connectivity index (χ0) is 23.3. The minimum absolute atomic E-state index is 0.0744. The monoisotopic (exact) mass is 461 g/mol. The highest BCUT2D eigenvalue weighted by Gasteiger charge is 2.27. The number of ether oxygens (including phenoxy) is 2. The van der Waals surface area contributed by atoms with Gasteiger partial charge in [0.1, 0.15) is 5.75 Å². The van der Waals surface area contributed by atoms with Crippen molar-refractivity contribution in [2.75, 3.05) is 54.1 Å². The number of rotatable bonds is 8. The molecule has 1 fully saturated rings. The van der Waals surface area contributed by atoms with Crippen molar-refractivity contribution in [1.82, 2.24) is 14.5 Å². The molecule has 174 valence electrons. The summed E-state index contributed by atoms with van der Waals surface area (Å²) in [6.07, 6.45) is 0. The van der Waals surface area contributed by atoms with Crippen molar-refractivity contribution in [3.8, 4) is 5.75 Å². The van der Waals surface area contributed by atoms with Crippen molar-refractivity contribution in [3.63, 3.8) is 0 Å². The van der Waals surface area contributed by atoms with Gasteiger partial charge in [-0.15, -0.1) is 0 Å². The van der Waals surface area contributed by atoms with Gasteiger partial charge in [0.25, 0.3) is 5.91 Å². The smallest absolute Gasteiger partial charge is 0.251 e. The van der Waals surface area contributed by atoms with Crippen LogP contribution in [0.5, 0.6) is 5.75 Å². The van der Waals surface area contributed by atoms with E-state index in [2.05, 4.69) is 5.32 Å². The van der Waals surface area contributed by atoms with Gasteiger partial charge in [-0.2, -0.15) is 4.31 Å². The Hall–Kier alpha value is -2.46. The Labute approximate surface area is 190 Å². The fourth-order valence-corrected chi connectivity index (χ4v) is 5.11. The molecule has 2 aromatic carbocycles. The SMILES string of the molecule is COc1cccc(C(CNC(=O)c2cc(S(=O)(=O)N3CCOCC3)ccc2C)N(C)C)c1. The summed E-state index contributed by atoms with van der Waals surface area (Å²) in [6, 6.07) is 12.3. The largest absolute Gasteiger partial charge is 0.497 e. The number of aryl methyl sites for hydroxylation is 1.